The van der Waals surface area contributed by atoms with Crippen molar-refractivity contribution >= 4 is 35.6 Å². The molecule has 8 heteroatoms. The SMILES string of the molecule is CCNC(=NCCCc1nnc2ccccn12)NC1CC(OCC)C12CCC2.I. The van der Waals surface area contributed by atoms with E-state index in [2.05, 4.69) is 39.1 Å². The van der Waals surface area contributed by atoms with Gasteiger partial charge in [0.1, 0.15) is 5.82 Å². The van der Waals surface area contributed by atoms with Crippen molar-refractivity contribution in [1.82, 2.24) is 25.2 Å². The van der Waals surface area contributed by atoms with E-state index in [1.165, 1.54) is 19.3 Å². The summed E-state index contributed by atoms with van der Waals surface area (Å²) in [7, 11) is 0. The van der Waals surface area contributed by atoms with E-state index < -0.39 is 0 Å². The number of rotatable bonds is 8. The maximum absolute atomic E-state index is 5.97. The van der Waals surface area contributed by atoms with Gasteiger partial charge >= 0.3 is 0 Å². The third-order valence-electron chi connectivity index (χ3n) is 6.31. The highest BCUT2D eigenvalue weighted by molar-refractivity contribution is 14.0. The minimum atomic E-state index is 0. The molecule has 2 aromatic rings. The highest BCUT2D eigenvalue weighted by atomic mass is 127. The molecule has 2 fully saturated rings. The zero-order valence-electron chi connectivity index (χ0n) is 17.4. The zero-order chi connectivity index (χ0) is 19.4. The smallest absolute Gasteiger partial charge is 0.191 e. The van der Waals surface area contributed by atoms with Crippen LogP contribution in [-0.4, -0.2) is 52.4 Å². The van der Waals surface area contributed by atoms with Crippen LogP contribution in [0.4, 0.5) is 0 Å². The molecule has 0 amide bonds. The molecule has 0 radical (unpaired) electrons. The first-order valence-electron chi connectivity index (χ1n) is 10.7. The number of fused-ring (bicyclic) bond motifs is 1. The quantitative estimate of drug-likeness (QED) is 0.246. The van der Waals surface area contributed by atoms with Crippen LogP contribution in [0.5, 0.6) is 0 Å². The molecule has 2 aliphatic carbocycles. The van der Waals surface area contributed by atoms with Crippen molar-refractivity contribution in [2.75, 3.05) is 19.7 Å². The van der Waals surface area contributed by atoms with Crippen molar-refractivity contribution in [2.45, 2.75) is 64.5 Å². The first-order valence-corrected chi connectivity index (χ1v) is 10.7. The Hall–Kier alpha value is -1.42. The fourth-order valence-corrected chi connectivity index (χ4v) is 4.62. The molecule has 0 saturated heterocycles. The average Bonchev–Trinajstić information content (AvgIpc) is 3.06. The Bertz CT molecular complexity index is 818. The lowest BCUT2D eigenvalue weighted by atomic mass is 9.51. The second kappa shape index (κ2) is 10.1. The Balaban J connectivity index is 0.00000240. The Kier molecular flexibility index (Phi) is 7.72. The van der Waals surface area contributed by atoms with E-state index in [0.717, 1.165) is 56.4 Å². The lowest BCUT2D eigenvalue weighted by Gasteiger charge is -2.61. The molecule has 29 heavy (non-hydrogen) atoms. The number of aliphatic imine (C=N–C) groups is 1. The van der Waals surface area contributed by atoms with Crippen molar-refractivity contribution < 1.29 is 4.74 Å². The minimum Gasteiger partial charge on any atom is -0.378 e. The fourth-order valence-electron chi connectivity index (χ4n) is 4.62. The lowest BCUT2D eigenvalue weighted by molar-refractivity contribution is -0.168. The van der Waals surface area contributed by atoms with Gasteiger partial charge in [-0.2, -0.15) is 0 Å². The molecule has 0 bridgehead atoms. The van der Waals surface area contributed by atoms with Gasteiger partial charge in [-0.1, -0.05) is 12.5 Å². The maximum atomic E-state index is 5.97. The highest BCUT2D eigenvalue weighted by Crippen LogP contribution is 2.57. The second-order valence-corrected chi connectivity index (χ2v) is 7.87. The second-order valence-electron chi connectivity index (χ2n) is 7.87. The fraction of sp³-hybridized carbons (Fsp3) is 0.667. The van der Waals surface area contributed by atoms with E-state index in [1.54, 1.807) is 0 Å². The number of aromatic nitrogens is 3. The molecule has 2 N–H and O–H groups in total. The highest BCUT2D eigenvalue weighted by Gasteiger charge is 2.59. The summed E-state index contributed by atoms with van der Waals surface area (Å²) in [5.74, 6) is 1.93. The van der Waals surface area contributed by atoms with E-state index in [9.17, 15) is 0 Å². The molecule has 0 aromatic carbocycles. The van der Waals surface area contributed by atoms with Gasteiger partial charge in [0.15, 0.2) is 11.6 Å². The van der Waals surface area contributed by atoms with E-state index in [4.69, 9.17) is 9.73 Å². The van der Waals surface area contributed by atoms with Gasteiger partial charge < -0.3 is 15.4 Å². The Morgan fingerprint density at radius 2 is 2.17 bits per heavy atom. The van der Waals surface area contributed by atoms with Crippen LogP contribution in [0.2, 0.25) is 0 Å². The molecule has 2 aliphatic rings. The van der Waals surface area contributed by atoms with E-state index in [-0.39, 0.29) is 24.0 Å². The zero-order valence-corrected chi connectivity index (χ0v) is 19.8. The van der Waals surface area contributed by atoms with E-state index >= 15 is 0 Å². The van der Waals surface area contributed by atoms with Crippen LogP contribution >= 0.6 is 24.0 Å². The largest absolute Gasteiger partial charge is 0.378 e. The number of aryl methyl sites for hydroxylation is 1. The van der Waals surface area contributed by atoms with Crippen molar-refractivity contribution in [2.24, 2.45) is 10.4 Å². The molecule has 2 heterocycles. The minimum absolute atomic E-state index is 0. The summed E-state index contributed by atoms with van der Waals surface area (Å²) in [6.45, 7) is 6.66. The molecule has 4 rings (SSSR count). The van der Waals surface area contributed by atoms with Crippen LogP contribution in [0.3, 0.4) is 0 Å². The molecular formula is C21H33IN6O. The summed E-state index contributed by atoms with van der Waals surface area (Å²) in [5, 5.41) is 15.6. The molecule has 2 aromatic heterocycles. The summed E-state index contributed by atoms with van der Waals surface area (Å²) >= 11 is 0. The van der Waals surface area contributed by atoms with Gasteiger partial charge in [0.25, 0.3) is 0 Å². The third kappa shape index (κ3) is 4.52. The van der Waals surface area contributed by atoms with Gasteiger partial charge in [-0.25, -0.2) is 0 Å². The van der Waals surface area contributed by atoms with Gasteiger partial charge in [0, 0.05) is 43.8 Å². The van der Waals surface area contributed by atoms with Crippen molar-refractivity contribution in [3.8, 4) is 0 Å². The maximum Gasteiger partial charge on any atom is 0.191 e. The Labute approximate surface area is 190 Å². The Morgan fingerprint density at radius 3 is 2.90 bits per heavy atom. The molecule has 160 valence electrons. The molecule has 0 aliphatic heterocycles. The number of hydrogen-bond donors (Lipinski definition) is 2. The number of nitrogens with one attached hydrogen (secondary N) is 2. The monoisotopic (exact) mass is 512 g/mol. The number of hydrogen-bond acceptors (Lipinski definition) is 4. The summed E-state index contributed by atoms with van der Waals surface area (Å²) < 4.78 is 8.02. The van der Waals surface area contributed by atoms with Crippen LogP contribution in [0.25, 0.3) is 5.65 Å². The molecule has 1 spiro atoms. The number of nitrogens with zero attached hydrogens (tertiary/aromatic N) is 4. The predicted molar refractivity (Wildman–Crippen MR) is 126 cm³/mol. The Morgan fingerprint density at radius 1 is 1.31 bits per heavy atom. The first kappa shape index (κ1) is 22.3. The average molecular weight is 512 g/mol. The van der Waals surface area contributed by atoms with Gasteiger partial charge in [-0.15, -0.1) is 34.2 Å². The van der Waals surface area contributed by atoms with Crippen LogP contribution in [0.15, 0.2) is 29.4 Å². The van der Waals surface area contributed by atoms with Gasteiger partial charge in [-0.05, 0) is 51.7 Å². The van der Waals surface area contributed by atoms with Crippen LogP contribution in [0, 0.1) is 5.41 Å². The van der Waals surface area contributed by atoms with Crippen molar-refractivity contribution in [3.63, 3.8) is 0 Å². The summed E-state index contributed by atoms with van der Waals surface area (Å²) in [6.07, 6.45) is 9.21. The number of halogens is 1. The van der Waals surface area contributed by atoms with Crippen molar-refractivity contribution in [1.29, 1.82) is 0 Å². The molecular weight excluding hydrogens is 479 g/mol. The summed E-state index contributed by atoms with van der Waals surface area (Å²) in [4.78, 5) is 4.81. The number of guanidine groups is 1. The first-order chi connectivity index (χ1) is 13.8. The summed E-state index contributed by atoms with van der Waals surface area (Å²) in [5.41, 5.74) is 1.24. The summed E-state index contributed by atoms with van der Waals surface area (Å²) in [6, 6.07) is 6.45. The molecule has 2 unspecified atom stereocenters. The van der Waals surface area contributed by atoms with Crippen LogP contribution in [0.1, 0.15) is 51.8 Å². The number of ether oxygens (including phenoxy) is 1. The van der Waals surface area contributed by atoms with Crippen molar-refractivity contribution in [3.05, 3.63) is 30.2 Å². The normalized spacial score (nSPS) is 22.6. The number of pyridine rings is 1. The molecule has 2 atom stereocenters. The van der Waals surface area contributed by atoms with Crippen LogP contribution in [-0.2, 0) is 11.2 Å². The van der Waals surface area contributed by atoms with E-state index in [1.807, 2.05) is 24.4 Å². The van der Waals surface area contributed by atoms with Gasteiger partial charge in [-0.3, -0.25) is 9.39 Å². The van der Waals surface area contributed by atoms with Gasteiger partial charge in [0.05, 0.1) is 6.10 Å². The molecule has 2 saturated carbocycles. The predicted octanol–water partition coefficient (Wildman–Crippen LogP) is 3.18. The van der Waals surface area contributed by atoms with Gasteiger partial charge in [0.2, 0.25) is 0 Å². The standard InChI is InChI=1S/C21H32N6O.HI/c1-3-22-20(24-16-15-17(28-4-2)21(16)11-8-12-21)23-13-7-10-19-26-25-18-9-5-6-14-27(18)19;/h5-6,9,14,16-17H,3-4,7-8,10-13,15H2,1-2H3,(H2,22,23,24);1H. The molecule has 7 nitrogen and oxygen atoms in total. The van der Waals surface area contributed by atoms with E-state index in [0.29, 0.717) is 17.6 Å². The lowest BCUT2D eigenvalue weighted by Crippen LogP contribution is -2.68. The topological polar surface area (TPSA) is 75.8 Å². The van der Waals surface area contributed by atoms with Crippen LogP contribution < -0.4 is 10.6 Å². The third-order valence-corrected chi connectivity index (χ3v) is 6.31.